The van der Waals surface area contributed by atoms with E-state index in [9.17, 15) is 9.59 Å². The summed E-state index contributed by atoms with van der Waals surface area (Å²) >= 11 is 1.51. The van der Waals surface area contributed by atoms with E-state index in [1.54, 1.807) is 13.8 Å². The van der Waals surface area contributed by atoms with Crippen molar-refractivity contribution in [1.29, 1.82) is 0 Å². The number of hydrogen-bond acceptors (Lipinski definition) is 6. The highest BCUT2D eigenvalue weighted by molar-refractivity contribution is 7.98. The van der Waals surface area contributed by atoms with E-state index in [4.69, 9.17) is 9.47 Å². The Morgan fingerprint density at radius 3 is 2.35 bits per heavy atom. The van der Waals surface area contributed by atoms with Crippen LogP contribution < -0.4 is 0 Å². The van der Waals surface area contributed by atoms with Gasteiger partial charge in [0.1, 0.15) is 17.9 Å². The molecule has 0 saturated heterocycles. The van der Waals surface area contributed by atoms with Gasteiger partial charge in [-0.3, -0.25) is 9.59 Å². The van der Waals surface area contributed by atoms with E-state index in [0.29, 0.717) is 18.6 Å². The van der Waals surface area contributed by atoms with Crippen LogP contribution in [0.3, 0.4) is 0 Å². The van der Waals surface area contributed by atoms with E-state index >= 15 is 0 Å². The first-order valence-electron chi connectivity index (χ1n) is 6.43. The molecule has 0 fully saturated rings. The van der Waals surface area contributed by atoms with Crippen molar-refractivity contribution in [3.8, 4) is 0 Å². The lowest BCUT2D eigenvalue weighted by atomic mass is 10.1. The molecule has 1 rings (SSSR count). The number of carbonyl (C=O) groups is 2. The summed E-state index contributed by atoms with van der Waals surface area (Å²) in [5.41, 5.74) is 1.40. The van der Waals surface area contributed by atoms with E-state index in [1.165, 1.54) is 11.8 Å². The summed E-state index contributed by atoms with van der Waals surface area (Å²) < 4.78 is 12.0. The van der Waals surface area contributed by atoms with Gasteiger partial charge in [-0.2, -0.15) is 0 Å². The van der Waals surface area contributed by atoms with Crippen molar-refractivity contribution in [3.63, 3.8) is 0 Å². The molecule has 112 valence electrons. The Kier molecular flexibility index (Phi) is 6.57. The maximum Gasteiger partial charge on any atom is 0.293 e. The first-order chi connectivity index (χ1) is 9.60. The molecule has 0 aliphatic heterocycles. The number of rotatable bonds is 9. The zero-order valence-electron chi connectivity index (χ0n) is 12.2. The van der Waals surface area contributed by atoms with Crippen LogP contribution in [-0.4, -0.2) is 28.8 Å². The van der Waals surface area contributed by atoms with Gasteiger partial charge in [-0.05, 0) is 26.5 Å². The molecule has 0 aliphatic carbocycles. The van der Waals surface area contributed by atoms with E-state index in [2.05, 4.69) is 11.9 Å². The van der Waals surface area contributed by atoms with Gasteiger partial charge in [0, 0.05) is 6.54 Å². The summed E-state index contributed by atoms with van der Waals surface area (Å²) in [6, 6.07) is 0. The Hall–Kier alpha value is -1.50. The molecule has 0 aromatic carbocycles. The molecule has 1 aromatic rings. The first kappa shape index (κ1) is 16.6. The van der Waals surface area contributed by atoms with Gasteiger partial charge in [-0.15, -0.1) is 0 Å². The van der Waals surface area contributed by atoms with Crippen LogP contribution in [0.4, 0.5) is 0 Å². The third-order valence-electron chi connectivity index (χ3n) is 2.92. The molecule has 20 heavy (non-hydrogen) atoms. The monoisotopic (exact) mass is 300 g/mol. The molecule has 2 atom stereocenters. The summed E-state index contributed by atoms with van der Waals surface area (Å²) in [5, 5.41) is 0.819. The van der Waals surface area contributed by atoms with Gasteiger partial charge in [-0.25, -0.2) is 4.98 Å². The molecule has 0 saturated carbocycles. The topological polar surface area (TPSA) is 70.4 Å². The first-order valence-corrected chi connectivity index (χ1v) is 7.65. The number of aromatic nitrogens is 2. The lowest BCUT2D eigenvalue weighted by molar-refractivity contribution is -0.135. The SMILES string of the molecule is CCCn1c(SC)nc(C(C)OC=O)c1C(C)OC=O. The molecule has 0 amide bonds. The molecule has 1 aromatic heterocycles. The lowest BCUT2D eigenvalue weighted by Gasteiger charge is -2.17. The van der Waals surface area contributed by atoms with Crippen molar-refractivity contribution in [2.24, 2.45) is 0 Å². The Morgan fingerprint density at radius 1 is 1.25 bits per heavy atom. The quantitative estimate of drug-likeness (QED) is 0.515. The second kappa shape index (κ2) is 7.94. The summed E-state index contributed by atoms with van der Waals surface area (Å²) in [4.78, 5) is 25.6. The molecule has 2 unspecified atom stereocenters. The fraction of sp³-hybridized carbons (Fsp3) is 0.615. The standard InChI is InChI=1S/C13H20N2O4S/c1-5-6-15-12(10(3)19-8-17)11(9(2)18-7-16)14-13(15)20-4/h7-10H,5-6H2,1-4H3. The Bertz CT molecular complexity index is 461. The van der Waals surface area contributed by atoms with E-state index in [0.717, 1.165) is 23.8 Å². The van der Waals surface area contributed by atoms with Crippen LogP contribution in [-0.2, 0) is 25.6 Å². The third kappa shape index (κ3) is 3.53. The average Bonchev–Trinajstić information content (AvgIpc) is 2.78. The van der Waals surface area contributed by atoms with Gasteiger partial charge in [-0.1, -0.05) is 18.7 Å². The summed E-state index contributed by atoms with van der Waals surface area (Å²) in [6.07, 6.45) is 1.93. The second-order valence-electron chi connectivity index (χ2n) is 4.27. The number of hydrogen-bond donors (Lipinski definition) is 0. The smallest absolute Gasteiger partial charge is 0.293 e. The van der Waals surface area contributed by atoms with Crippen LogP contribution in [0.2, 0.25) is 0 Å². The molecule has 0 radical (unpaired) electrons. The maximum absolute atomic E-state index is 10.6. The molecule has 0 spiro atoms. The van der Waals surface area contributed by atoms with Gasteiger partial charge >= 0.3 is 0 Å². The molecule has 6 nitrogen and oxygen atoms in total. The van der Waals surface area contributed by atoms with Crippen molar-refractivity contribution in [2.45, 2.75) is 51.1 Å². The van der Waals surface area contributed by atoms with Crippen molar-refractivity contribution >= 4 is 24.7 Å². The maximum atomic E-state index is 10.6. The molecule has 0 bridgehead atoms. The number of carbonyl (C=O) groups excluding carboxylic acids is 2. The van der Waals surface area contributed by atoms with Crippen molar-refractivity contribution in [1.82, 2.24) is 9.55 Å². The fourth-order valence-electron chi connectivity index (χ4n) is 2.08. The van der Waals surface area contributed by atoms with Gasteiger partial charge < -0.3 is 14.0 Å². The number of thioether (sulfide) groups is 1. The van der Waals surface area contributed by atoms with Crippen LogP contribution in [0.25, 0.3) is 0 Å². The minimum atomic E-state index is -0.482. The van der Waals surface area contributed by atoms with Crippen molar-refractivity contribution in [2.75, 3.05) is 6.26 Å². The number of nitrogens with zero attached hydrogens (tertiary/aromatic N) is 2. The van der Waals surface area contributed by atoms with Gasteiger partial charge in [0.05, 0.1) is 5.69 Å². The van der Waals surface area contributed by atoms with Crippen LogP contribution in [0, 0.1) is 0 Å². The van der Waals surface area contributed by atoms with Crippen molar-refractivity contribution < 1.29 is 19.1 Å². The highest BCUT2D eigenvalue weighted by Gasteiger charge is 2.26. The molecular weight excluding hydrogens is 280 g/mol. The fourth-order valence-corrected chi connectivity index (χ4v) is 2.68. The Morgan fingerprint density at radius 2 is 1.85 bits per heavy atom. The molecular formula is C13H20N2O4S. The van der Waals surface area contributed by atoms with Crippen LogP contribution in [0.15, 0.2) is 5.16 Å². The normalized spacial score (nSPS) is 13.6. The van der Waals surface area contributed by atoms with E-state index in [1.807, 2.05) is 10.8 Å². The predicted octanol–water partition coefficient (Wildman–Crippen LogP) is 2.48. The zero-order chi connectivity index (χ0) is 15.1. The highest BCUT2D eigenvalue weighted by Crippen LogP contribution is 2.31. The van der Waals surface area contributed by atoms with Crippen LogP contribution in [0.1, 0.15) is 50.8 Å². The minimum Gasteiger partial charge on any atom is -0.458 e. The average molecular weight is 300 g/mol. The number of ether oxygens (including phenoxy) is 2. The summed E-state index contributed by atoms with van der Waals surface area (Å²) in [6.45, 7) is 7.16. The van der Waals surface area contributed by atoms with E-state index < -0.39 is 12.2 Å². The number of imidazole rings is 1. The largest absolute Gasteiger partial charge is 0.458 e. The Labute approximate surface area is 122 Å². The van der Waals surface area contributed by atoms with Gasteiger partial charge in [0.15, 0.2) is 5.16 Å². The molecule has 0 aliphatic rings. The molecule has 1 heterocycles. The predicted molar refractivity (Wildman–Crippen MR) is 75.4 cm³/mol. The minimum absolute atomic E-state index is 0.400. The van der Waals surface area contributed by atoms with Crippen molar-refractivity contribution in [3.05, 3.63) is 11.4 Å². The summed E-state index contributed by atoms with van der Waals surface area (Å²) in [7, 11) is 0. The van der Waals surface area contributed by atoms with Gasteiger partial charge in [0.25, 0.3) is 12.9 Å². The van der Waals surface area contributed by atoms with E-state index in [-0.39, 0.29) is 0 Å². The molecule has 7 heteroatoms. The third-order valence-corrected chi connectivity index (χ3v) is 3.60. The van der Waals surface area contributed by atoms with Crippen LogP contribution >= 0.6 is 11.8 Å². The zero-order valence-corrected chi connectivity index (χ0v) is 13.0. The lowest BCUT2D eigenvalue weighted by Crippen LogP contribution is -2.12. The second-order valence-corrected chi connectivity index (χ2v) is 5.04. The highest BCUT2D eigenvalue weighted by atomic mass is 32.2. The van der Waals surface area contributed by atoms with Gasteiger partial charge in [0.2, 0.25) is 0 Å². The summed E-state index contributed by atoms with van der Waals surface area (Å²) in [5.74, 6) is 0. The molecule has 0 N–H and O–H groups in total. The van der Waals surface area contributed by atoms with Crippen LogP contribution in [0.5, 0.6) is 0 Å². The Balaban J connectivity index is 3.32.